The Morgan fingerprint density at radius 1 is 1.29 bits per heavy atom. The van der Waals surface area contributed by atoms with Gasteiger partial charge in [0.15, 0.2) is 0 Å². The molecule has 0 spiro atoms. The Labute approximate surface area is 126 Å². The smallest absolute Gasteiger partial charge is 0.223 e. The second kappa shape index (κ2) is 5.78. The lowest BCUT2D eigenvalue weighted by Gasteiger charge is -2.45. The first kappa shape index (κ1) is 14.5. The van der Waals surface area contributed by atoms with E-state index in [-0.39, 0.29) is 29.4 Å². The fourth-order valence-electron chi connectivity index (χ4n) is 3.64. The highest BCUT2D eigenvalue weighted by molar-refractivity contribution is 5.80. The second-order valence-electron chi connectivity index (χ2n) is 6.58. The third-order valence-electron chi connectivity index (χ3n) is 5.02. The number of rotatable bonds is 4. The maximum absolute atomic E-state index is 12.4. The zero-order chi connectivity index (χ0) is 14.9. The van der Waals surface area contributed by atoms with Crippen molar-refractivity contribution in [2.24, 2.45) is 5.92 Å². The van der Waals surface area contributed by atoms with E-state index in [2.05, 4.69) is 41.8 Å². The van der Waals surface area contributed by atoms with E-state index in [1.54, 1.807) is 7.11 Å². The van der Waals surface area contributed by atoms with Crippen molar-refractivity contribution in [2.75, 3.05) is 20.2 Å². The van der Waals surface area contributed by atoms with Crippen LogP contribution in [-0.2, 0) is 14.9 Å². The lowest BCUT2D eigenvalue weighted by atomic mass is 9.59. The molecule has 3 rings (SSSR count). The maximum Gasteiger partial charge on any atom is 0.223 e. The standard InChI is InChI=1S/C17H24N2O2/c1-17(13-6-4-3-5-7-13)8-12(9-17)16(20)19-14-10-18-11-15(14)21-2/h3-7,12,14-15,18H,8-11H2,1-2H3,(H,19,20)/t12?,14-,15-,17?/m1/s1. The van der Waals surface area contributed by atoms with Crippen LogP contribution in [-0.4, -0.2) is 38.3 Å². The number of ether oxygens (including phenoxy) is 1. The van der Waals surface area contributed by atoms with E-state index >= 15 is 0 Å². The van der Waals surface area contributed by atoms with E-state index in [1.807, 2.05) is 6.07 Å². The van der Waals surface area contributed by atoms with Gasteiger partial charge in [-0.25, -0.2) is 0 Å². The molecular weight excluding hydrogens is 264 g/mol. The molecular formula is C17H24N2O2. The summed E-state index contributed by atoms with van der Waals surface area (Å²) in [5, 5.41) is 6.40. The predicted molar refractivity (Wildman–Crippen MR) is 82.1 cm³/mol. The quantitative estimate of drug-likeness (QED) is 0.882. The summed E-state index contributed by atoms with van der Waals surface area (Å²) in [6, 6.07) is 10.6. The van der Waals surface area contributed by atoms with Crippen molar-refractivity contribution in [1.29, 1.82) is 0 Å². The van der Waals surface area contributed by atoms with Crippen molar-refractivity contribution in [2.45, 2.75) is 37.3 Å². The average Bonchev–Trinajstić information content (AvgIpc) is 2.92. The minimum atomic E-state index is 0.0922. The number of carbonyl (C=O) groups excluding carboxylic acids is 1. The third kappa shape index (κ3) is 2.83. The van der Waals surface area contributed by atoms with Gasteiger partial charge in [-0.1, -0.05) is 37.3 Å². The van der Waals surface area contributed by atoms with Gasteiger partial charge in [0.05, 0.1) is 12.1 Å². The van der Waals surface area contributed by atoms with Crippen LogP contribution in [0.4, 0.5) is 0 Å². The molecule has 114 valence electrons. The highest BCUT2D eigenvalue weighted by Gasteiger charge is 2.45. The van der Waals surface area contributed by atoms with Crippen molar-refractivity contribution >= 4 is 5.91 Å². The molecule has 2 atom stereocenters. The Morgan fingerprint density at radius 2 is 2.00 bits per heavy atom. The minimum absolute atomic E-state index is 0.0922. The minimum Gasteiger partial charge on any atom is -0.378 e. The lowest BCUT2D eigenvalue weighted by molar-refractivity contribution is -0.131. The van der Waals surface area contributed by atoms with E-state index in [9.17, 15) is 4.79 Å². The molecule has 1 aliphatic carbocycles. The van der Waals surface area contributed by atoms with E-state index < -0.39 is 0 Å². The summed E-state index contributed by atoms with van der Waals surface area (Å²) in [5.41, 5.74) is 1.49. The Bertz CT molecular complexity index is 497. The molecule has 2 fully saturated rings. The van der Waals surface area contributed by atoms with Crippen molar-refractivity contribution < 1.29 is 9.53 Å². The van der Waals surface area contributed by atoms with Gasteiger partial charge in [0.1, 0.15) is 0 Å². The normalized spacial score (nSPS) is 35.2. The molecule has 0 unspecified atom stereocenters. The SMILES string of the molecule is CO[C@@H]1CNC[C@H]1NC(=O)C1CC(C)(c2ccccc2)C1. The van der Waals surface area contributed by atoms with Crippen LogP contribution in [0.3, 0.4) is 0 Å². The molecule has 0 radical (unpaired) electrons. The molecule has 0 aromatic heterocycles. The molecule has 1 aromatic rings. The number of methoxy groups -OCH3 is 1. The summed E-state index contributed by atoms with van der Waals surface area (Å²) in [5.74, 6) is 0.312. The number of hydrogen-bond donors (Lipinski definition) is 2. The molecule has 1 saturated carbocycles. The van der Waals surface area contributed by atoms with Crippen LogP contribution in [0.25, 0.3) is 0 Å². The molecule has 0 bridgehead atoms. The van der Waals surface area contributed by atoms with Crippen LogP contribution in [0.5, 0.6) is 0 Å². The van der Waals surface area contributed by atoms with Crippen molar-refractivity contribution in [3.05, 3.63) is 35.9 Å². The van der Waals surface area contributed by atoms with Crippen LogP contribution >= 0.6 is 0 Å². The van der Waals surface area contributed by atoms with Crippen molar-refractivity contribution in [1.82, 2.24) is 10.6 Å². The van der Waals surface area contributed by atoms with Gasteiger partial charge >= 0.3 is 0 Å². The van der Waals surface area contributed by atoms with Crippen LogP contribution in [0.2, 0.25) is 0 Å². The van der Waals surface area contributed by atoms with Gasteiger partial charge < -0.3 is 15.4 Å². The molecule has 4 nitrogen and oxygen atoms in total. The first-order valence-electron chi connectivity index (χ1n) is 7.72. The Hall–Kier alpha value is -1.39. The lowest BCUT2D eigenvalue weighted by Crippen LogP contribution is -2.51. The predicted octanol–water partition coefficient (Wildman–Crippen LogP) is 1.46. The van der Waals surface area contributed by atoms with Crippen LogP contribution in [0.1, 0.15) is 25.3 Å². The number of amides is 1. The molecule has 1 aliphatic heterocycles. The van der Waals surface area contributed by atoms with E-state index in [4.69, 9.17) is 4.74 Å². The zero-order valence-corrected chi connectivity index (χ0v) is 12.8. The van der Waals surface area contributed by atoms with Gasteiger partial charge in [0, 0.05) is 26.1 Å². The Morgan fingerprint density at radius 3 is 2.67 bits per heavy atom. The number of nitrogens with one attached hydrogen (secondary N) is 2. The number of benzene rings is 1. The highest BCUT2D eigenvalue weighted by Crippen LogP contribution is 2.47. The first-order chi connectivity index (χ1) is 10.1. The largest absolute Gasteiger partial charge is 0.378 e. The maximum atomic E-state index is 12.4. The van der Waals surface area contributed by atoms with Gasteiger partial charge in [0.2, 0.25) is 5.91 Å². The van der Waals surface area contributed by atoms with Gasteiger partial charge in [-0.05, 0) is 23.8 Å². The molecule has 2 aliphatic rings. The molecule has 21 heavy (non-hydrogen) atoms. The van der Waals surface area contributed by atoms with E-state index in [1.165, 1.54) is 5.56 Å². The van der Waals surface area contributed by atoms with E-state index in [0.717, 1.165) is 25.9 Å². The summed E-state index contributed by atoms with van der Waals surface area (Å²) >= 11 is 0. The third-order valence-corrected chi connectivity index (χ3v) is 5.02. The molecule has 1 heterocycles. The Kier molecular flexibility index (Phi) is 4.00. The molecule has 1 amide bonds. The van der Waals surface area contributed by atoms with Crippen LogP contribution in [0.15, 0.2) is 30.3 Å². The average molecular weight is 288 g/mol. The molecule has 1 saturated heterocycles. The monoisotopic (exact) mass is 288 g/mol. The summed E-state index contributed by atoms with van der Waals surface area (Å²) in [6.45, 7) is 3.86. The highest BCUT2D eigenvalue weighted by atomic mass is 16.5. The zero-order valence-electron chi connectivity index (χ0n) is 12.8. The summed E-state index contributed by atoms with van der Waals surface area (Å²) < 4.78 is 5.39. The van der Waals surface area contributed by atoms with Gasteiger partial charge in [-0.2, -0.15) is 0 Å². The first-order valence-corrected chi connectivity index (χ1v) is 7.72. The number of carbonyl (C=O) groups is 1. The van der Waals surface area contributed by atoms with Crippen LogP contribution in [0, 0.1) is 5.92 Å². The van der Waals surface area contributed by atoms with Crippen molar-refractivity contribution in [3.63, 3.8) is 0 Å². The molecule has 1 aromatic carbocycles. The van der Waals surface area contributed by atoms with Gasteiger partial charge in [-0.15, -0.1) is 0 Å². The summed E-state index contributed by atoms with van der Waals surface area (Å²) in [4.78, 5) is 12.4. The van der Waals surface area contributed by atoms with E-state index in [0.29, 0.717) is 0 Å². The van der Waals surface area contributed by atoms with Gasteiger partial charge in [0.25, 0.3) is 0 Å². The molecule has 2 N–H and O–H groups in total. The molecule has 4 heteroatoms. The van der Waals surface area contributed by atoms with Gasteiger partial charge in [-0.3, -0.25) is 4.79 Å². The fraction of sp³-hybridized carbons (Fsp3) is 0.588. The van der Waals surface area contributed by atoms with Crippen molar-refractivity contribution in [3.8, 4) is 0 Å². The van der Waals surface area contributed by atoms with Crippen LogP contribution < -0.4 is 10.6 Å². The Balaban J connectivity index is 1.55. The topological polar surface area (TPSA) is 50.4 Å². The second-order valence-corrected chi connectivity index (χ2v) is 6.58. The number of hydrogen-bond acceptors (Lipinski definition) is 3. The fourth-order valence-corrected chi connectivity index (χ4v) is 3.64. The summed E-state index contributed by atoms with van der Waals surface area (Å²) in [6.07, 6.45) is 1.95. The summed E-state index contributed by atoms with van der Waals surface area (Å²) in [7, 11) is 1.70.